The van der Waals surface area contributed by atoms with E-state index in [0.717, 1.165) is 24.3 Å². The van der Waals surface area contributed by atoms with Gasteiger partial charge in [-0.15, -0.1) is 5.10 Å². The van der Waals surface area contributed by atoms with Gasteiger partial charge in [0.15, 0.2) is 5.69 Å². The van der Waals surface area contributed by atoms with Crippen LogP contribution in [0, 0.1) is 0 Å². The van der Waals surface area contributed by atoms with E-state index in [2.05, 4.69) is 15.6 Å². The Morgan fingerprint density at radius 1 is 1.11 bits per heavy atom. The number of amides is 1. The first-order valence-electron chi connectivity index (χ1n) is 7.94. The summed E-state index contributed by atoms with van der Waals surface area (Å²) in [6.45, 7) is 0.102. The topological polar surface area (TPSA) is 80.0 Å². The van der Waals surface area contributed by atoms with Crippen LogP contribution in [0.5, 0.6) is 0 Å². The standard InChI is InChI=1S/C18H15F3N4O2/c19-18(20,21)13-6-8-14(9-7-13)22-17(27)15-10-25(24-23-15)11-16(26)12-4-2-1-3-5-12/h1-10,16,26H,11H2,(H,22,27)/t16-/m0/s1. The Balaban J connectivity index is 1.63. The molecule has 0 bridgehead atoms. The number of anilines is 1. The van der Waals surface area contributed by atoms with Gasteiger partial charge < -0.3 is 10.4 Å². The predicted octanol–water partition coefficient (Wildman–Crippen LogP) is 3.28. The Hall–Kier alpha value is -3.20. The number of carbonyl (C=O) groups is 1. The molecule has 0 radical (unpaired) electrons. The monoisotopic (exact) mass is 376 g/mol. The summed E-state index contributed by atoms with van der Waals surface area (Å²) in [5, 5.41) is 20.1. The SMILES string of the molecule is O=C(Nc1ccc(C(F)(F)F)cc1)c1cn(C[C@H](O)c2ccccc2)nn1. The maximum Gasteiger partial charge on any atom is 0.416 e. The Labute approximate surface area is 152 Å². The van der Waals surface area contributed by atoms with Crippen molar-refractivity contribution in [3.05, 3.63) is 77.6 Å². The molecule has 1 atom stereocenters. The summed E-state index contributed by atoms with van der Waals surface area (Å²) in [6.07, 6.45) is -3.91. The summed E-state index contributed by atoms with van der Waals surface area (Å²) in [5.74, 6) is -0.616. The van der Waals surface area contributed by atoms with E-state index in [1.54, 1.807) is 24.3 Å². The molecule has 9 heteroatoms. The number of hydrogen-bond donors (Lipinski definition) is 2. The molecule has 3 aromatic rings. The highest BCUT2D eigenvalue weighted by Gasteiger charge is 2.30. The maximum absolute atomic E-state index is 12.5. The zero-order chi connectivity index (χ0) is 19.4. The number of carbonyl (C=O) groups excluding carboxylic acids is 1. The van der Waals surface area contributed by atoms with E-state index >= 15 is 0 Å². The van der Waals surface area contributed by atoms with Crippen molar-refractivity contribution in [1.82, 2.24) is 15.0 Å². The third kappa shape index (κ3) is 4.70. The number of benzene rings is 2. The van der Waals surface area contributed by atoms with Gasteiger partial charge in [-0.2, -0.15) is 13.2 Å². The molecule has 1 amide bonds. The maximum atomic E-state index is 12.5. The van der Waals surface area contributed by atoms with Crippen LogP contribution in [0.3, 0.4) is 0 Å². The van der Waals surface area contributed by atoms with E-state index in [1.807, 2.05) is 6.07 Å². The van der Waals surface area contributed by atoms with Crippen LogP contribution in [0.2, 0.25) is 0 Å². The molecule has 2 N–H and O–H groups in total. The van der Waals surface area contributed by atoms with Crippen LogP contribution in [-0.4, -0.2) is 26.0 Å². The van der Waals surface area contributed by atoms with E-state index in [0.29, 0.717) is 5.56 Å². The number of aromatic nitrogens is 3. The Kier molecular flexibility index (Phi) is 5.22. The summed E-state index contributed by atoms with van der Waals surface area (Å²) in [7, 11) is 0. The number of alkyl halides is 3. The van der Waals surface area contributed by atoms with Gasteiger partial charge in [0.2, 0.25) is 0 Å². The van der Waals surface area contributed by atoms with Gasteiger partial charge in [-0.3, -0.25) is 4.79 Å². The quantitative estimate of drug-likeness (QED) is 0.716. The first kappa shape index (κ1) is 18.6. The number of aliphatic hydroxyl groups is 1. The normalized spacial score (nSPS) is 12.6. The van der Waals surface area contributed by atoms with Gasteiger partial charge in [-0.05, 0) is 29.8 Å². The first-order chi connectivity index (χ1) is 12.8. The number of aliphatic hydroxyl groups excluding tert-OH is 1. The lowest BCUT2D eigenvalue weighted by Gasteiger charge is -2.10. The predicted molar refractivity (Wildman–Crippen MR) is 90.8 cm³/mol. The molecule has 27 heavy (non-hydrogen) atoms. The molecule has 0 aliphatic carbocycles. The van der Waals surface area contributed by atoms with Crippen molar-refractivity contribution in [1.29, 1.82) is 0 Å². The molecule has 6 nitrogen and oxygen atoms in total. The summed E-state index contributed by atoms with van der Waals surface area (Å²) in [5.41, 5.74) is 0.0760. The second-order valence-electron chi connectivity index (χ2n) is 5.78. The van der Waals surface area contributed by atoms with Gasteiger partial charge in [0.25, 0.3) is 5.91 Å². The number of nitrogens with one attached hydrogen (secondary N) is 1. The molecule has 0 unspecified atom stereocenters. The molecule has 0 spiro atoms. The average Bonchev–Trinajstić information content (AvgIpc) is 3.11. The number of halogens is 3. The Morgan fingerprint density at radius 3 is 2.41 bits per heavy atom. The average molecular weight is 376 g/mol. The minimum atomic E-state index is -4.44. The lowest BCUT2D eigenvalue weighted by atomic mass is 10.1. The highest BCUT2D eigenvalue weighted by atomic mass is 19.4. The zero-order valence-electron chi connectivity index (χ0n) is 13.9. The van der Waals surface area contributed by atoms with Crippen LogP contribution in [0.1, 0.15) is 27.7 Å². The number of hydrogen-bond acceptors (Lipinski definition) is 4. The highest BCUT2D eigenvalue weighted by molar-refractivity contribution is 6.02. The molecule has 140 valence electrons. The van der Waals surface area contributed by atoms with Crippen molar-refractivity contribution in [2.24, 2.45) is 0 Å². The Morgan fingerprint density at radius 2 is 1.78 bits per heavy atom. The summed E-state index contributed by atoms with van der Waals surface area (Å²) >= 11 is 0. The van der Waals surface area contributed by atoms with Crippen molar-refractivity contribution in [2.45, 2.75) is 18.8 Å². The van der Waals surface area contributed by atoms with Crippen molar-refractivity contribution < 1.29 is 23.1 Å². The third-order valence-corrected chi connectivity index (χ3v) is 3.79. The summed E-state index contributed by atoms with van der Waals surface area (Å²) < 4.78 is 39.0. The van der Waals surface area contributed by atoms with Gasteiger partial charge in [-0.1, -0.05) is 35.5 Å². The Bertz CT molecular complexity index is 908. The largest absolute Gasteiger partial charge is 0.416 e. The van der Waals surface area contributed by atoms with Gasteiger partial charge in [0, 0.05) is 5.69 Å². The van der Waals surface area contributed by atoms with Crippen molar-refractivity contribution >= 4 is 11.6 Å². The first-order valence-corrected chi connectivity index (χ1v) is 7.94. The second kappa shape index (κ2) is 7.58. The molecule has 0 saturated carbocycles. The third-order valence-electron chi connectivity index (χ3n) is 3.79. The van der Waals surface area contributed by atoms with E-state index in [9.17, 15) is 23.1 Å². The van der Waals surface area contributed by atoms with Gasteiger partial charge >= 0.3 is 6.18 Å². The smallest absolute Gasteiger partial charge is 0.386 e. The fourth-order valence-corrected chi connectivity index (χ4v) is 2.39. The molecule has 0 aliphatic heterocycles. The van der Waals surface area contributed by atoms with Crippen LogP contribution < -0.4 is 5.32 Å². The molecule has 1 heterocycles. The fraction of sp³-hybridized carbons (Fsp3) is 0.167. The summed E-state index contributed by atoms with van der Waals surface area (Å²) in [4.78, 5) is 12.2. The molecule has 0 fully saturated rings. The van der Waals surface area contributed by atoms with Crippen molar-refractivity contribution in [3.8, 4) is 0 Å². The van der Waals surface area contributed by atoms with E-state index in [1.165, 1.54) is 10.9 Å². The van der Waals surface area contributed by atoms with Crippen molar-refractivity contribution in [3.63, 3.8) is 0 Å². The molecular weight excluding hydrogens is 361 g/mol. The molecule has 3 rings (SSSR count). The van der Waals surface area contributed by atoms with Crippen LogP contribution in [-0.2, 0) is 12.7 Å². The lowest BCUT2D eigenvalue weighted by Crippen LogP contribution is -2.13. The van der Waals surface area contributed by atoms with Crippen LogP contribution in [0.4, 0.5) is 18.9 Å². The second-order valence-corrected chi connectivity index (χ2v) is 5.78. The van der Waals surface area contributed by atoms with E-state index in [4.69, 9.17) is 0 Å². The van der Waals surface area contributed by atoms with Gasteiger partial charge in [0.1, 0.15) is 0 Å². The van der Waals surface area contributed by atoms with E-state index in [-0.39, 0.29) is 17.9 Å². The molecule has 0 saturated heterocycles. The van der Waals surface area contributed by atoms with E-state index < -0.39 is 23.8 Å². The van der Waals surface area contributed by atoms with Gasteiger partial charge in [-0.25, -0.2) is 4.68 Å². The van der Waals surface area contributed by atoms with Crippen LogP contribution >= 0.6 is 0 Å². The molecule has 1 aromatic heterocycles. The van der Waals surface area contributed by atoms with Crippen LogP contribution in [0.15, 0.2) is 60.8 Å². The molecule has 2 aromatic carbocycles. The number of nitrogens with zero attached hydrogens (tertiary/aromatic N) is 3. The zero-order valence-corrected chi connectivity index (χ0v) is 13.9. The lowest BCUT2D eigenvalue weighted by molar-refractivity contribution is -0.137. The van der Waals surface area contributed by atoms with Gasteiger partial charge in [0.05, 0.1) is 24.4 Å². The minimum Gasteiger partial charge on any atom is -0.386 e. The highest BCUT2D eigenvalue weighted by Crippen LogP contribution is 2.29. The number of rotatable bonds is 5. The molecule has 0 aliphatic rings. The minimum absolute atomic E-state index is 0.0184. The summed E-state index contributed by atoms with van der Waals surface area (Å²) in [6, 6.07) is 13.0. The van der Waals surface area contributed by atoms with Crippen LogP contribution in [0.25, 0.3) is 0 Å². The fourth-order valence-electron chi connectivity index (χ4n) is 2.39. The van der Waals surface area contributed by atoms with Crippen molar-refractivity contribution in [2.75, 3.05) is 5.32 Å². The molecular formula is C18H15F3N4O2.